The molecule has 4 heteroatoms. The third-order valence-corrected chi connectivity index (χ3v) is 5.16. The Balaban J connectivity index is 1.65. The van der Waals surface area contributed by atoms with Crippen LogP contribution in [0, 0.1) is 23.7 Å². The molecule has 5 atom stereocenters. The van der Waals surface area contributed by atoms with Gasteiger partial charge in [0.2, 0.25) is 5.91 Å². The molecular formula is C16H27NO3. The fraction of sp³-hybridized carbons (Fsp3) is 0.875. The number of hydrogen-bond acceptors (Lipinski definition) is 2. The predicted octanol–water partition coefficient (Wildman–Crippen LogP) is 2.82. The monoisotopic (exact) mass is 281 g/mol. The first-order chi connectivity index (χ1) is 9.47. The second kappa shape index (κ2) is 6.59. The van der Waals surface area contributed by atoms with Gasteiger partial charge in [0.05, 0.1) is 5.92 Å². The molecule has 0 heterocycles. The molecular weight excluding hydrogens is 254 g/mol. The molecule has 0 aromatic carbocycles. The quantitative estimate of drug-likeness (QED) is 0.754. The van der Waals surface area contributed by atoms with Crippen molar-refractivity contribution >= 4 is 11.9 Å². The number of carboxylic acid groups (broad SMARTS) is 1. The molecule has 2 rings (SSSR count). The van der Waals surface area contributed by atoms with Crippen molar-refractivity contribution in [1.29, 1.82) is 0 Å². The zero-order valence-corrected chi connectivity index (χ0v) is 12.6. The van der Waals surface area contributed by atoms with Crippen LogP contribution in [0.15, 0.2) is 0 Å². The number of amides is 1. The molecule has 4 nitrogen and oxygen atoms in total. The highest BCUT2D eigenvalue weighted by Gasteiger charge is 2.43. The van der Waals surface area contributed by atoms with E-state index in [1.54, 1.807) is 6.92 Å². The first kappa shape index (κ1) is 15.3. The van der Waals surface area contributed by atoms with Crippen LogP contribution in [-0.2, 0) is 9.59 Å². The van der Waals surface area contributed by atoms with E-state index in [9.17, 15) is 9.59 Å². The Morgan fingerprint density at radius 1 is 1.20 bits per heavy atom. The number of fused-ring (bicyclic) bond motifs is 2. The van der Waals surface area contributed by atoms with Crippen LogP contribution in [0.3, 0.4) is 0 Å². The van der Waals surface area contributed by atoms with Gasteiger partial charge in [-0.15, -0.1) is 0 Å². The van der Waals surface area contributed by atoms with Crippen LogP contribution >= 0.6 is 0 Å². The van der Waals surface area contributed by atoms with Crippen molar-refractivity contribution in [3.05, 3.63) is 0 Å². The number of carbonyl (C=O) groups excluding carboxylic acids is 1. The second-order valence-corrected chi connectivity index (χ2v) is 6.86. The smallest absolute Gasteiger partial charge is 0.306 e. The van der Waals surface area contributed by atoms with Gasteiger partial charge in [-0.1, -0.05) is 19.8 Å². The van der Waals surface area contributed by atoms with E-state index in [2.05, 4.69) is 5.32 Å². The molecule has 114 valence electrons. The molecule has 2 aliphatic carbocycles. The molecule has 5 unspecified atom stereocenters. The summed E-state index contributed by atoms with van der Waals surface area (Å²) in [4.78, 5) is 23.0. The summed E-state index contributed by atoms with van der Waals surface area (Å²) in [7, 11) is 0. The Hall–Kier alpha value is -1.06. The van der Waals surface area contributed by atoms with Crippen molar-refractivity contribution in [2.45, 2.75) is 64.8 Å². The van der Waals surface area contributed by atoms with Crippen LogP contribution in [-0.4, -0.2) is 23.0 Å². The van der Waals surface area contributed by atoms with Gasteiger partial charge in [-0.3, -0.25) is 9.59 Å². The molecule has 2 aliphatic rings. The van der Waals surface area contributed by atoms with Crippen molar-refractivity contribution in [2.24, 2.45) is 23.7 Å². The van der Waals surface area contributed by atoms with E-state index in [0.717, 1.165) is 25.2 Å². The predicted molar refractivity (Wildman–Crippen MR) is 77.2 cm³/mol. The van der Waals surface area contributed by atoms with Crippen LogP contribution in [0.1, 0.15) is 58.8 Å². The molecule has 0 aliphatic heterocycles. The molecule has 2 bridgehead atoms. The minimum Gasteiger partial charge on any atom is -0.481 e. The van der Waals surface area contributed by atoms with Crippen molar-refractivity contribution in [2.75, 3.05) is 0 Å². The normalized spacial score (nSPS) is 31.0. The van der Waals surface area contributed by atoms with Crippen molar-refractivity contribution in [1.82, 2.24) is 5.32 Å². The highest BCUT2D eigenvalue weighted by Crippen LogP contribution is 2.48. The molecule has 0 saturated heterocycles. The molecule has 2 saturated carbocycles. The molecule has 0 spiro atoms. The topological polar surface area (TPSA) is 66.4 Å². The summed E-state index contributed by atoms with van der Waals surface area (Å²) in [6, 6.07) is 0.155. The Labute approximate surface area is 121 Å². The van der Waals surface area contributed by atoms with E-state index in [1.165, 1.54) is 19.3 Å². The van der Waals surface area contributed by atoms with E-state index in [4.69, 9.17) is 5.11 Å². The summed E-state index contributed by atoms with van der Waals surface area (Å²) in [5.74, 6) is 0.874. The Morgan fingerprint density at radius 2 is 1.95 bits per heavy atom. The number of rotatable bonds is 7. The van der Waals surface area contributed by atoms with Gasteiger partial charge < -0.3 is 10.4 Å². The van der Waals surface area contributed by atoms with Gasteiger partial charge in [0.25, 0.3) is 0 Å². The summed E-state index contributed by atoms with van der Waals surface area (Å²) in [5, 5.41) is 12.0. The molecule has 0 radical (unpaired) electrons. The van der Waals surface area contributed by atoms with Crippen LogP contribution in [0.25, 0.3) is 0 Å². The lowest BCUT2D eigenvalue weighted by atomic mass is 9.88. The maximum atomic E-state index is 12.2. The standard InChI is InChI=1S/C16H27NO3/c1-10(16(19)20)4-3-5-11(2)17-15(18)14-9-12-6-7-13(14)8-12/h10-14H,3-9H2,1-2H3,(H,17,18)(H,19,20). The second-order valence-electron chi connectivity index (χ2n) is 6.86. The lowest BCUT2D eigenvalue weighted by Crippen LogP contribution is -2.39. The van der Waals surface area contributed by atoms with Crippen molar-refractivity contribution < 1.29 is 14.7 Å². The third kappa shape index (κ3) is 3.74. The van der Waals surface area contributed by atoms with Crippen molar-refractivity contribution in [3.63, 3.8) is 0 Å². The fourth-order valence-corrected chi connectivity index (χ4v) is 3.84. The maximum Gasteiger partial charge on any atom is 0.306 e. The highest BCUT2D eigenvalue weighted by atomic mass is 16.4. The Kier molecular flexibility index (Phi) is 5.06. The Bertz CT molecular complexity index is 369. The van der Waals surface area contributed by atoms with Gasteiger partial charge in [-0.05, 0) is 50.9 Å². The summed E-state index contributed by atoms with van der Waals surface area (Å²) >= 11 is 0. The van der Waals surface area contributed by atoms with E-state index in [0.29, 0.717) is 12.3 Å². The molecule has 1 amide bonds. The van der Waals surface area contributed by atoms with Gasteiger partial charge >= 0.3 is 5.97 Å². The first-order valence-electron chi connectivity index (χ1n) is 8.00. The number of aliphatic carboxylic acids is 1. The Morgan fingerprint density at radius 3 is 2.50 bits per heavy atom. The first-order valence-corrected chi connectivity index (χ1v) is 8.00. The number of nitrogens with one attached hydrogen (secondary N) is 1. The number of carboxylic acids is 1. The maximum absolute atomic E-state index is 12.2. The van der Waals surface area contributed by atoms with Gasteiger partial charge in [0.1, 0.15) is 0 Å². The lowest BCUT2D eigenvalue weighted by Gasteiger charge is -2.23. The summed E-state index contributed by atoms with van der Waals surface area (Å²) < 4.78 is 0. The fourth-order valence-electron chi connectivity index (χ4n) is 3.84. The molecule has 0 aromatic rings. The summed E-state index contributed by atoms with van der Waals surface area (Å²) in [6.07, 6.45) is 7.28. The minimum absolute atomic E-state index is 0.155. The average Bonchev–Trinajstić information content (AvgIpc) is 3.00. The van der Waals surface area contributed by atoms with Gasteiger partial charge in [0.15, 0.2) is 0 Å². The molecule has 2 N–H and O–H groups in total. The van der Waals surface area contributed by atoms with Crippen LogP contribution < -0.4 is 5.32 Å². The van der Waals surface area contributed by atoms with Gasteiger partial charge in [-0.25, -0.2) is 0 Å². The number of carbonyl (C=O) groups is 2. The van der Waals surface area contributed by atoms with Crippen LogP contribution in [0.2, 0.25) is 0 Å². The van der Waals surface area contributed by atoms with Gasteiger partial charge in [0, 0.05) is 12.0 Å². The highest BCUT2D eigenvalue weighted by molar-refractivity contribution is 5.79. The zero-order chi connectivity index (χ0) is 14.7. The zero-order valence-electron chi connectivity index (χ0n) is 12.6. The van der Waals surface area contributed by atoms with E-state index >= 15 is 0 Å². The van der Waals surface area contributed by atoms with Crippen LogP contribution in [0.5, 0.6) is 0 Å². The van der Waals surface area contributed by atoms with E-state index in [-0.39, 0.29) is 23.8 Å². The van der Waals surface area contributed by atoms with Crippen LogP contribution in [0.4, 0.5) is 0 Å². The molecule has 2 fully saturated rings. The van der Waals surface area contributed by atoms with E-state index < -0.39 is 5.97 Å². The number of hydrogen-bond donors (Lipinski definition) is 2. The summed E-state index contributed by atoms with van der Waals surface area (Å²) in [6.45, 7) is 3.76. The molecule has 20 heavy (non-hydrogen) atoms. The van der Waals surface area contributed by atoms with Gasteiger partial charge in [-0.2, -0.15) is 0 Å². The SMILES string of the molecule is CC(CCCC(C)C(=O)O)NC(=O)C1CC2CCC1C2. The minimum atomic E-state index is -0.733. The van der Waals surface area contributed by atoms with Crippen molar-refractivity contribution in [3.8, 4) is 0 Å². The molecule has 0 aromatic heterocycles. The van der Waals surface area contributed by atoms with E-state index in [1.807, 2.05) is 6.92 Å². The summed E-state index contributed by atoms with van der Waals surface area (Å²) in [5.41, 5.74) is 0. The lowest BCUT2D eigenvalue weighted by molar-refractivity contribution is -0.141. The average molecular weight is 281 g/mol. The third-order valence-electron chi connectivity index (χ3n) is 5.16. The largest absolute Gasteiger partial charge is 0.481 e.